The Morgan fingerprint density at radius 2 is 1.42 bits per heavy atom. The molecule has 1 atom stereocenters. The summed E-state index contributed by atoms with van der Waals surface area (Å²) in [5, 5.41) is 0. The molecule has 0 bridgehead atoms. The minimum absolute atomic E-state index is 0.630. The number of alkyl halides is 1. The molecule has 1 heterocycles. The van der Waals surface area contributed by atoms with Gasteiger partial charge in [-0.05, 0) is 50.2 Å². The molecule has 3 heteroatoms. The Hall–Kier alpha value is -1.77. The number of hydrogen-bond donors (Lipinski definition) is 0. The summed E-state index contributed by atoms with van der Waals surface area (Å²) in [5.41, 5.74) is 3.51. The second-order valence-electron chi connectivity index (χ2n) is 7.30. The molecule has 1 aromatic heterocycles. The van der Waals surface area contributed by atoms with Gasteiger partial charge in [0.15, 0.2) is 5.82 Å². The fourth-order valence-electron chi connectivity index (χ4n) is 3.15. The summed E-state index contributed by atoms with van der Waals surface area (Å²) >= 11 is 0. The van der Waals surface area contributed by atoms with E-state index >= 15 is 0 Å². The van der Waals surface area contributed by atoms with E-state index in [9.17, 15) is 4.39 Å². The van der Waals surface area contributed by atoms with E-state index in [0.29, 0.717) is 6.42 Å². The summed E-state index contributed by atoms with van der Waals surface area (Å²) < 4.78 is 12.9. The van der Waals surface area contributed by atoms with Crippen molar-refractivity contribution in [2.75, 3.05) is 0 Å². The van der Waals surface area contributed by atoms with Crippen molar-refractivity contribution in [3.8, 4) is 11.4 Å². The fourth-order valence-corrected chi connectivity index (χ4v) is 3.15. The van der Waals surface area contributed by atoms with E-state index in [1.165, 1.54) is 49.7 Å². The maximum absolute atomic E-state index is 12.9. The molecule has 1 unspecified atom stereocenters. The van der Waals surface area contributed by atoms with Crippen LogP contribution in [0.1, 0.15) is 76.3 Å². The molecule has 0 fully saturated rings. The Balaban J connectivity index is 1.78. The molecule has 0 aliphatic heterocycles. The lowest BCUT2D eigenvalue weighted by Crippen LogP contribution is -1.95. The number of hydrogen-bond acceptors (Lipinski definition) is 2. The molecule has 0 radical (unpaired) electrons. The van der Waals surface area contributed by atoms with Crippen LogP contribution < -0.4 is 0 Å². The van der Waals surface area contributed by atoms with E-state index in [4.69, 9.17) is 0 Å². The number of aryl methyl sites for hydroxylation is 2. The number of benzene rings is 1. The Labute approximate surface area is 158 Å². The first kappa shape index (κ1) is 20.5. The first-order valence-corrected chi connectivity index (χ1v) is 10.2. The zero-order valence-electron chi connectivity index (χ0n) is 16.4. The molecule has 0 amide bonds. The van der Waals surface area contributed by atoms with Crippen LogP contribution in [0.4, 0.5) is 4.39 Å². The summed E-state index contributed by atoms with van der Waals surface area (Å²) in [5.74, 6) is 0.778. The van der Waals surface area contributed by atoms with Crippen molar-refractivity contribution in [3.05, 3.63) is 47.8 Å². The molecule has 0 N–H and O–H groups in total. The highest BCUT2D eigenvalue weighted by Crippen LogP contribution is 2.17. The quantitative estimate of drug-likeness (QED) is 0.394. The van der Waals surface area contributed by atoms with Gasteiger partial charge in [-0.25, -0.2) is 14.4 Å². The summed E-state index contributed by atoms with van der Waals surface area (Å²) in [7, 11) is 0. The number of unbranched alkanes of at least 4 members (excludes halogenated alkanes) is 5. The van der Waals surface area contributed by atoms with E-state index in [2.05, 4.69) is 41.2 Å². The molecule has 0 aliphatic carbocycles. The average Bonchev–Trinajstić information content (AvgIpc) is 2.65. The monoisotopic (exact) mass is 356 g/mol. The minimum Gasteiger partial charge on any atom is -0.248 e. The van der Waals surface area contributed by atoms with Gasteiger partial charge in [-0.1, -0.05) is 63.3 Å². The fraction of sp³-hybridized carbons (Fsp3) is 0.565. The number of halogens is 1. The SMILES string of the molecule is CCCCCCCCc1cnc(-c2ccc(CCCC(C)F)cc2)nc1. The molecule has 0 saturated heterocycles. The normalized spacial score (nSPS) is 12.3. The van der Waals surface area contributed by atoms with Crippen LogP contribution in [0, 0.1) is 0 Å². The van der Waals surface area contributed by atoms with Crippen molar-refractivity contribution in [1.82, 2.24) is 9.97 Å². The van der Waals surface area contributed by atoms with Crippen molar-refractivity contribution in [1.29, 1.82) is 0 Å². The molecular weight excluding hydrogens is 323 g/mol. The predicted molar refractivity (Wildman–Crippen MR) is 108 cm³/mol. The molecule has 1 aromatic carbocycles. The van der Waals surface area contributed by atoms with Crippen molar-refractivity contribution < 1.29 is 4.39 Å². The van der Waals surface area contributed by atoms with Crippen LogP contribution in [0.5, 0.6) is 0 Å². The zero-order valence-corrected chi connectivity index (χ0v) is 16.4. The molecule has 2 aromatic rings. The third-order valence-electron chi connectivity index (χ3n) is 4.80. The van der Waals surface area contributed by atoms with Crippen molar-refractivity contribution in [2.45, 2.75) is 84.2 Å². The van der Waals surface area contributed by atoms with E-state index < -0.39 is 6.17 Å². The van der Waals surface area contributed by atoms with Crippen LogP contribution >= 0.6 is 0 Å². The first-order valence-electron chi connectivity index (χ1n) is 10.2. The lowest BCUT2D eigenvalue weighted by Gasteiger charge is -2.06. The number of rotatable bonds is 12. The van der Waals surface area contributed by atoms with Gasteiger partial charge in [-0.15, -0.1) is 0 Å². The van der Waals surface area contributed by atoms with Gasteiger partial charge in [-0.2, -0.15) is 0 Å². The predicted octanol–water partition coefficient (Wildman–Crippen LogP) is 6.73. The Kier molecular flexibility index (Phi) is 9.30. The van der Waals surface area contributed by atoms with Crippen molar-refractivity contribution in [3.63, 3.8) is 0 Å². The molecule has 0 saturated carbocycles. The van der Waals surface area contributed by atoms with Gasteiger partial charge < -0.3 is 0 Å². The van der Waals surface area contributed by atoms with Gasteiger partial charge in [0.2, 0.25) is 0 Å². The highest BCUT2D eigenvalue weighted by molar-refractivity contribution is 5.55. The summed E-state index contributed by atoms with van der Waals surface area (Å²) in [4.78, 5) is 9.06. The Morgan fingerprint density at radius 1 is 0.808 bits per heavy atom. The third kappa shape index (κ3) is 7.63. The van der Waals surface area contributed by atoms with E-state index in [1.807, 2.05) is 12.4 Å². The Morgan fingerprint density at radius 3 is 2.08 bits per heavy atom. The maximum Gasteiger partial charge on any atom is 0.159 e. The van der Waals surface area contributed by atoms with E-state index in [-0.39, 0.29) is 0 Å². The zero-order chi connectivity index (χ0) is 18.6. The van der Waals surface area contributed by atoms with Crippen LogP contribution in [0.25, 0.3) is 11.4 Å². The van der Waals surface area contributed by atoms with Crippen molar-refractivity contribution in [2.24, 2.45) is 0 Å². The molecule has 0 spiro atoms. The molecule has 142 valence electrons. The summed E-state index contributed by atoms with van der Waals surface area (Å²) in [6, 6.07) is 8.34. The summed E-state index contributed by atoms with van der Waals surface area (Å²) in [6.07, 6.45) is 14.6. The minimum atomic E-state index is -0.711. The summed E-state index contributed by atoms with van der Waals surface area (Å²) in [6.45, 7) is 3.87. The Bertz CT molecular complexity index is 605. The molecule has 2 nitrogen and oxygen atoms in total. The number of nitrogens with zero attached hydrogens (tertiary/aromatic N) is 2. The second kappa shape index (κ2) is 11.8. The van der Waals surface area contributed by atoms with Crippen LogP contribution in [-0.4, -0.2) is 16.1 Å². The standard InChI is InChI=1S/C23H33FN2/c1-3-4-5-6-7-8-11-21-17-25-23(26-18-21)22-15-13-20(14-16-22)12-9-10-19(2)24/h13-19H,3-12H2,1-2H3. The van der Waals surface area contributed by atoms with E-state index in [0.717, 1.165) is 30.7 Å². The van der Waals surface area contributed by atoms with Crippen molar-refractivity contribution >= 4 is 0 Å². The topological polar surface area (TPSA) is 25.8 Å². The lowest BCUT2D eigenvalue weighted by molar-refractivity contribution is 0.334. The molecule has 26 heavy (non-hydrogen) atoms. The second-order valence-corrected chi connectivity index (χ2v) is 7.30. The first-order chi connectivity index (χ1) is 12.7. The highest BCUT2D eigenvalue weighted by Gasteiger charge is 2.03. The molecular formula is C23H33FN2. The van der Waals surface area contributed by atoms with Gasteiger partial charge >= 0.3 is 0 Å². The van der Waals surface area contributed by atoms with Gasteiger partial charge in [0.25, 0.3) is 0 Å². The van der Waals surface area contributed by atoms with Gasteiger partial charge in [-0.3, -0.25) is 0 Å². The smallest absolute Gasteiger partial charge is 0.159 e. The molecule has 0 aliphatic rings. The maximum atomic E-state index is 12.9. The third-order valence-corrected chi connectivity index (χ3v) is 4.80. The highest BCUT2D eigenvalue weighted by atomic mass is 19.1. The van der Waals surface area contributed by atoms with Gasteiger partial charge in [0, 0.05) is 18.0 Å². The number of aromatic nitrogens is 2. The largest absolute Gasteiger partial charge is 0.248 e. The van der Waals surface area contributed by atoms with Crippen LogP contribution in [0.3, 0.4) is 0 Å². The van der Waals surface area contributed by atoms with Crippen LogP contribution in [-0.2, 0) is 12.8 Å². The van der Waals surface area contributed by atoms with Gasteiger partial charge in [0.1, 0.15) is 0 Å². The molecule has 2 rings (SSSR count). The van der Waals surface area contributed by atoms with Crippen LogP contribution in [0.15, 0.2) is 36.7 Å². The lowest BCUT2D eigenvalue weighted by atomic mass is 10.0. The average molecular weight is 357 g/mol. The van der Waals surface area contributed by atoms with E-state index in [1.54, 1.807) is 6.92 Å². The van der Waals surface area contributed by atoms with Crippen LogP contribution in [0.2, 0.25) is 0 Å². The van der Waals surface area contributed by atoms with Gasteiger partial charge in [0.05, 0.1) is 6.17 Å².